The first-order valence-corrected chi connectivity index (χ1v) is 24.0. The van der Waals surface area contributed by atoms with Crippen molar-refractivity contribution in [3.05, 3.63) is 129 Å². The molecule has 71 heavy (non-hydrogen) atoms. The average molecular weight is 1070 g/mol. The molecule has 4 amide bonds. The highest BCUT2D eigenvalue weighted by molar-refractivity contribution is 6.35. The molecule has 21 heteroatoms. The fraction of sp³-hybridized carbons (Fsp3) is 0.280. The first kappa shape index (κ1) is 55.5. The fourth-order valence-electron chi connectivity index (χ4n) is 6.74. The summed E-state index contributed by atoms with van der Waals surface area (Å²) in [6.45, 7) is 12.0. The van der Waals surface area contributed by atoms with Gasteiger partial charge in [-0.3, -0.25) is 28.8 Å². The Morgan fingerprint density at radius 3 is 1.28 bits per heavy atom. The second-order valence-electron chi connectivity index (χ2n) is 15.7. The van der Waals surface area contributed by atoms with Crippen LogP contribution >= 0.6 is 58.0 Å². The van der Waals surface area contributed by atoms with Gasteiger partial charge in [-0.2, -0.15) is 20.5 Å². The van der Waals surface area contributed by atoms with E-state index in [9.17, 15) is 28.8 Å². The molecule has 5 atom stereocenters. The number of hydrogen-bond donors (Lipinski definition) is 4. The molecule has 0 heterocycles. The van der Waals surface area contributed by atoms with E-state index in [1.54, 1.807) is 57.2 Å². The number of carbonyl (C=O) groups excluding carboxylic acids is 6. The summed E-state index contributed by atoms with van der Waals surface area (Å²) >= 11 is 32.1. The molecule has 5 aromatic rings. The number of ketones is 2. The lowest BCUT2D eigenvalue weighted by Gasteiger charge is -2.17. The van der Waals surface area contributed by atoms with Crippen molar-refractivity contribution in [3.8, 4) is 11.5 Å². The normalized spacial score (nSPS) is 13.4. The Morgan fingerprint density at radius 2 is 0.887 bits per heavy atom. The molecule has 0 spiro atoms. The van der Waals surface area contributed by atoms with Gasteiger partial charge in [-0.25, -0.2) is 0 Å². The number of carbonyl (C=O) groups is 6. The third-order valence-corrected chi connectivity index (χ3v) is 11.6. The minimum absolute atomic E-state index is 0.0368. The van der Waals surface area contributed by atoms with E-state index < -0.39 is 63.4 Å². The number of benzene rings is 5. The van der Waals surface area contributed by atoms with Crippen molar-refractivity contribution in [2.45, 2.75) is 76.7 Å². The van der Waals surface area contributed by atoms with Gasteiger partial charge in [-0.15, -0.1) is 34.8 Å². The van der Waals surface area contributed by atoms with Crippen LogP contribution in [0.15, 0.2) is 111 Å². The first-order valence-electron chi connectivity index (χ1n) is 22.0. The molecule has 5 aromatic carbocycles. The van der Waals surface area contributed by atoms with Crippen molar-refractivity contribution < 1.29 is 38.2 Å². The molecule has 0 fully saturated rings. The van der Waals surface area contributed by atoms with E-state index in [-0.39, 0.29) is 43.9 Å². The summed E-state index contributed by atoms with van der Waals surface area (Å²) in [6, 6.07) is 19.8. The van der Waals surface area contributed by atoms with E-state index in [1.165, 1.54) is 54.6 Å². The summed E-state index contributed by atoms with van der Waals surface area (Å²) in [5, 5.41) is 25.6. The van der Waals surface area contributed by atoms with Crippen molar-refractivity contribution >= 4 is 127 Å². The van der Waals surface area contributed by atoms with Crippen LogP contribution in [-0.2, 0) is 19.2 Å². The van der Waals surface area contributed by atoms with Crippen LogP contribution in [0.1, 0.15) is 102 Å². The molecular formula is C50H49Cl5N8O8. The zero-order chi connectivity index (χ0) is 52.1. The lowest BCUT2D eigenvalue weighted by atomic mass is 10.1. The van der Waals surface area contributed by atoms with Crippen LogP contribution in [0.3, 0.4) is 0 Å². The van der Waals surface area contributed by atoms with Gasteiger partial charge in [-0.05, 0) is 156 Å². The van der Waals surface area contributed by atoms with Gasteiger partial charge in [0.15, 0.2) is 11.6 Å². The summed E-state index contributed by atoms with van der Waals surface area (Å²) in [5.41, 5.74) is 3.13. The number of azo groups is 2. The molecule has 0 aromatic heterocycles. The molecule has 372 valence electrons. The molecule has 5 unspecified atom stereocenters. The summed E-state index contributed by atoms with van der Waals surface area (Å²) < 4.78 is 11.1. The minimum Gasteiger partial charge on any atom is -0.494 e. The smallest absolute Gasteiger partial charge is 0.258 e. The fourth-order valence-corrected chi connectivity index (χ4v) is 7.69. The summed E-state index contributed by atoms with van der Waals surface area (Å²) in [6.07, 6.45) is 0. The van der Waals surface area contributed by atoms with Crippen molar-refractivity contribution in [1.82, 2.24) is 0 Å². The van der Waals surface area contributed by atoms with Crippen LogP contribution in [0.25, 0.3) is 0 Å². The highest BCUT2D eigenvalue weighted by Gasteiger charge is 2.27. The number of ether oxygens (including phenoxy) is 2. The molecule has 16 nitrogen and oxygen atoms in total. The minimum atomic E-state index is -1.63. The number of Topliss-reactive ketones (excluding diaryl/α,β-unsaturated/α-hetero) is 2. The van der Waals surface area contributed by atoms with E-state index >= 15 is 0 Å². The quantitative estimate of drug-likeness (QED) is 0.0314. The third kappa shape index (κ3) is 15.0. The van der Waals surface area contributed by atoms with Gasteiger partial charge in [-0.1, -0.05) is 23.2 Å². The van der Waals surface area contributed by atoms with Crippen LogP contribution < -0.4 is 30.7 Å². The monoisotopic (exact) mass is 1060 g/mol. The maximum absolute atomic E-state index is 13.6. The number of alkyl halides is 3. The second-order valence-corrected chi connectivity index (χ2v) is 18.5. The largest absolute Gasteiger partial charge is 0.494 e. The maximum Gasteiger partial charge on any atom is 0.258 e. The van der Waals surface area contributed by atoms with Gasteiger partial charge < -0.3 is 30.7 Å². The van der Waals surface area contributed by atoms with Gasteiger partial charge in [0, 0.05) is 22.7 Å². The predicted molar refractivity (Wildman–Crippen MR) is 279 cm³/mol. The second kappa shape index (κ2) is 25.6. The zero-order valence-electron chi connectivity index (χ0n) is 39.4. The SMILES string of the molecule is CCOc1ccc(NC(=O)c2cc(N=NC(C(C)=O)C(=O)Nc3ccc(NC(=O)C(N=Nc4ccc(Cl)c(C(=O)Nc5ccc(OCC)cc5C(C)Cl)c4)C(C)=O)c(C(C)Cl)c3)ccc2Cl)c(C(C)Cl)c1. The number of amides is 4. The summed E-state index contributed by atoms with van der Waals surface area (Å²) in [5.74, 6) is -2.97. The van der Waals surface area contributed by atoms with E-state index in [4.69, 9.17) is 67.5 Å². The molecule has 5 rings (SSSR count). The molecule has 0 aliphatic rings. The summed E-state index contributed by atoms with van der Waals surface area (Å²) in [7, 11) is 0. The molecule has 0 saturated carbocycles. The van der Waals surface area contributed by atoms with E-state index in [0.717, 1.165) is 13.8 Å². The Kier molecular flexibility index (Phi) is 20.0. The number of halogens is 5. The number of hydrogen-bond acceptors (Lipinski definition) is 12. The van der Waals surface area contributed by atoms with Gasteiger partial charge in [0.1, 0.15) is 11.5 Å². The molecule has 0 radical (unpaired) electrons. The highest BCUT2D eigenvalue weighted by Crippen LogP contribution is 2.35. The highest BCUT2D eigenvalue weighted by atomic mass is 35.5. The Balaban J connectivity index is 1.28. The zero-order valence-corrected chi connectivity index (χ0v) is 43.2. The van der Waals surface area contributed by atoms with Crippen LogP contribution in [0.5, 0.6) is 11.5 Å². The van der Waals surface area contributed by atoms with Gasteiger partial charge in [0.05, 0.1) is 61.9 Å². The maximum atomic E-state index is 13.6. The van der Waals surface area contributed by atoms with E-state index in [1.807, 2.05) is 13.8 Å². The van der Waals surface area contributed by atoms with Gasteiger partial charge >= 0.3 is 0 Å². The van der Waals surface area contributed by atoms with Crippen molar-refractivity contribution in [3.63, 3.8) is 0 Å². The van der Waals surface area contributed by atoms with Crippen molar-refractivity contribution in [1.29, 1.82) is 0 Å². The molecule has 0 bridgehead atoms. The first-order chi connectivity index (χ1) is 33.7. The van der Waals surface area contributed by atoms with Crippen LogP contribution in [0.4, 0.5) is 34.1 Å². The molecule has 0 aliphatic carbocycles. The summed E-state index contributed by atoms with van der Waals surface area (Å²) in [4.78, 5) is 79.4. The topological polar surface area (TPSA) is 218 Å². The van der Waals surface area contributed by atoms with Crippen molar-refractivity contribution in [2.75, 3.05) is 34.5 Å². The van der Waals surface area contributed by atoms with Gasteiger partial charge in [0.25, 0.3) is 23.6 Å². The lowest BCUT2D eigenvalue weighted by Crippen LogP contribution is -2.32. The van der Waals surface area contributed by atoms with Gasteiger partial charge in [0.2, 0.25) is 12.1 Å². The molecule has 4 N–H and O–H groups in total. The Labute approximate surface area is 435 Å². The lowest BCUT2D eigenvalue weighted by molar-refractivity contribution is -0.127. The third-order valence-electron chi connectivity index (χ3n) is 10.3. The predicted octanol–water partition coefficient (Wildman–Crippen LogP) is 13.6. The Hall–Kier alpha value is -6.43. The van der Waals surface area contributed by atoms with Crippen LogP contribution in [-0.4, -0.2) is 60.5 Å². The van der Waals surface area contributed by atoms with Crippen molar-refractivity contribution in [2.24, 2.45) is 20.5 Å². The molecule has 0 saturated heterocycles. The molecular weight excluding hydrogens is 1020 g/mol. The molecule has 0 aliphatic heterocycles. The number of nitrogens with one attached hydrogen (secondary N) is 4. The standard InChI is InChI=1S/C50H49Cl5N8O8/c1-8-70-33-13-18-43(36(23-33)26(4)52)57-47(66)38-21-31(10-15-40(38)54)60-62-45(28(6)64)49(68)56-30-12-17-42(35(20-30)25(3)51)59-50(69)46(29(7)65)63-61-32-11-16-41(55)39(22-32)48(67)58-44-19-14-34(71-9-2)24-37(44)27(5)53/h10-27,45-46H,8-9H2,1-7H3,(H,56,68)(H,57,66)(H,58,67)(H,59,69). The number of anilines is 4. The average Bonchev–Trinajstić information content (AvgIpc) is 3.31. The van der Waals surface area contributed by atoms with Crippen LogP contribution in [0, 0.1) is 0 Å². The number of rotatable bonds is 21. The van der Waals surface area contributed by atoms with Crippen LogP contribution in [0.2, 0.25) is 10.0 Å². The Morgan fingerprint density at radius 1 is 0.507 bits per heavy atom. The van der Waals surface area contributed by atoms with E-state index in [2.05, 4.69) is 41.7 Å². The Bertz CT molecular complexity index is 2890. The number of nitrogens with zero attached hydrogens (tertiary/aromatic N) is 4. The van der Waals surface area contributed by atoms with E-state index in [0.29, 0.717) is 52.8 Å².